The average Bonchev–Trinajstić information content (AvgIpc) is 3.29. The van der Waals surface area contributed by atoms with E-state index < -0.39 is 0 Å². The van der Waals surface area contributed by atoms with Gasteiger partial charge in [-0.15, -0.1) is 11.3 Å². The van der Waals surface area contributed by atoms with Crippen LogP contribution < -0.4 is 10.5 Å². The minimum Gasteiger partial charge on any atom is -0.494 e. The molecule has 0 aliphatic carbocycles. The van der Waals surface area contributed by atoms with E-state index >= 15 is 0 Å². The van der Waals surface area contributed by atoms with Crippen LogP contribution in [0.2, 0.25) is 0 Å². The van der Waals surface area contributed by atoms with Gasteiger partial charge in [0, 0.05) is 30.4 Å². The van der Waals surface area contributed by atoms with Crippen LogP contribution in [0.15, 0.2) is 96.4 Å². The van der Waals surface area contributed by atoms with Crippen molar-refractivity contribution >= 4 is 17.2 Å². The molecule has 1 heterocycles. The van der Waals surface area contributed by atoms with Crippen molar-refractivity contribution in [3.05, 3.63) is 124 Å². The molecule has 186 valence electrons. The molecule has 0 atom stereocenters. The van der Waals surface area contributed by atoms with Gasteiger partial charge in [0.1, 0.15) is 5.75 Å². The molecule has 0 fully saturated rings. The van der Waals surface area contributed by atoms with Crippen LogP contribution in [0.5, 0.6) is 5.75 Å². The van der Waals surface area contributed by atoms with Crippen molar-refractivity contribution in [1.82, 2.24) is 4.90 Å². The molecule has 4 nitrogen and oxygen atoms in total. The number of rotatable bonds is 13. The minimum atomic E-state index is -0.335. The van der Waals surface area contributed by atoms with Gasteiger partial charge >= 0.3 is 0 Å². The van der Waals surface area contributed by atoms with Gasteiger partial charge in [0.2, 0.25) is 5.91 Å². The summed E-state index contributed by atoms with van der Waals surface area (Å²) in [6, 6.07) is 31.4. The van der Waals surface area contributed by atoms with Crippen molar-refractivity contribution < 1.29 is 9.53 Å². The number of nitrogens with two attached hydrogens (primary N) is 1. The van der Waals surface area contributed by atoms with E-state index in [1.807, 2.05) is 35.6 Å². The summed E-state index contributed by atoms with van der Waals surface area (Å²) in [7, 11) is 0. The quantitative estimate of drug-likeness (QED) is 0.224. The van der Waals surface area contributed by atoms with Gasteiger partial charge in [0.15, 0.2) is 0 Å². The molecule has 4 rings (SSSR count). The maximum Gasteiger partial charge on any atom is 0.221 e. The van der Waals surface area contributed by atoms with E-state index in [2.05, 4.69) is 83.9 Å². The number of thiophene rings is 1. The summed E-state index contributed by atoms with van der Waals surface area (Å²) in [4.78, 5) is 15.2. The normalized spacial score (nSPS) is 11.2. The van der Waals surface area contributed by atoms with Gasteiger partial charge in [0.05, 0.1) is 13.0 Å². The molecule has 5 heteroatoms. The fraction of sp³-hybridized carbons (Fsp3) is 0.258. The fourth-order valence-corrected chi connectivity index (χ4v) is 5.41. The molecule has 4 aromatic rings. The number of primary amides is 1. The van der Waals surface area contributed by atoms with Crippen molar-refractivity contribution in [2.24, 2.45) is 5.73 Å². The van der Waals surface area contributed by atoms with Gasteiger partial charge in [-0.05, 0) is 59.2 Å². The number of hydrogen-bond donors (Lipinski definition) is 1. The monoisotopic (exact) mass is 498 g/mol. The van der Waals surface area contributed by atoms with Gasteiger partial charge in [-0.1, -0.05) is 72.8 Å². The summed E-state index contributed by atoms with van der Waals surface area (Å²) >= 11 is 1.83. The first-order chi connectivity index (χ1) is 17.6. The Balaban J connectivity index is 1.45. The number of amides is 1. The lowest BCUT2D eigenvalue weighted by Crippen LogP contribution is -2.30. The Hall–Kier alpha value is -3.41. The summed E-state index contributed by atoms with van der Waals surface area (Å²) in [6.45, 7) is 5.58. The standard InChI is InChI=1S/C31H34N2O2S/c1-24-16-19-36-30(24)23-33(17-9-18-35-28-15-8-10-25(20-28)21-31(32)34)22-29(26-11-4-2-5-12-26)27-13-6-3-7-14-27/h2-8,10-16,19-20,29H,9,17-18,21-23H2,1H3,(H2,32,34). The Morgan fingerprint density at radius 2 is 1.64 bits per heavy atom. The molecule has 2 N–H and O–H groups in total. The third-order valence-electron chi connectivity index (χ3n) is 6.34. The van der Waals surface area contributed by atoms with Gasteiger partial charge in [-0.25, -0.2) is 0 Å². The third-order valence-corrected chi connectivity index (χ3v) is 7.35. The second-order valence-corrected chi connectivity index (χ2v) is 10.1. The Kier molecular flexibility index (Phi) is 9.31. The van der Waals surface area contributed by atoms with Crippen molar-refractivity contribution in [3.63, 3.8) is 0 Å². The number of ether oxygens (including phenoxy) is 1. The minimum absolute atomic E-state index is 0.228. The smallest absolute Gasteiger partial charge is 0.221 e. The van der Waals surface area contributed by atoms with E-state index in [-0.39, 0.29) is 12.3 Å². The first-order valence-electron chi connectivity index (χ1n) is 12.4. The summed E-state index contributed by atoms with van der Waals surface area (Å²) in [6.07, 6.45) is 1.13. The highest BCUT2D eigenvalue weighted by molar-refractivity contribution is 7.10. The number of hydrogen-bond acceptors (Lipinski definition) is 4. The number of nitrogens with zero attached hydrogens (tertiary/aromatic N) is 1. The molecule has 0 radical (unpaired) electrons. The zero-order valence-corrected chi connectivity index (χ0v) is 21.6. The maximum absolute atomic E-state index is 11.2. The summed E-state index contributed by atoms with van der Waals surface area (Å²) in [5.74, 6) is 0.734. The van der Waals surface area contributed by atoms with Crippen LogP contribution in [-0.4, -0.2) is 30.5 Å². The summed E-state index contributed by atoms with van der Waals surface area (Å²) in [5.41, 5.74) is 10.2. The number of aryl methyl sites for hydroxylation is 1. The highest BCUT2D eigenvalue weighted by atomic mass is 32.1. The summed E-state index contributed by atoms with van der Waals surface area (Å²) in [5, 5.41) is 2.18. The van der Waals surface area contributed by atoms with Crippen LogP contribution in [-0.2, 0) is 17.8 Å². The van der Waals surface area contributed by atoms with Crippen molar-refractivity contribution in [3.8, 4) is 5.75 Å². The Morgan fingerprint density at radius 1 is 0.944 bits per heavy atom. The molecule has 0 aliphatic rings. The van der Waals surface area contributed by atoms with E-state index in [0.717, 1.165) is 37.4 Å². The van der Waals surface area contributed by atoms with Crippen LogP contribution in [0, 0.1) is 6.92 Å². The zero-order chi connectivity index (χ0) is 25.2. The van der Waals surface area contributed by atoms with Crippen LogP contribution in [0.4, 0.5) is 0 Å². The average molecular weight is 499 g/mol. The molecule has 0 unspecified atom stereocenters. The molecule has 0 spiro atoms. The largest absolute Gasteiger partial charge is 0.494 e. The Morgan fingerprint density at radius 3 is 2.25 bits per heavy atom. The molecule has 3 aromatic carbocycles. The van der Waals surface area contributed by atoms with Gasteiger partial charge in [0.25, 0.3) is 0 Å². The van der Waals surface area contributed by atoms with Crippen LogP contribution >= 0.6 is 11.3 Å². The molecular weight excluding hydrogens is 464 g/mol. The second-order valence-electron chi connectivity index (χ2n) is 9.13. The maximum atomic E-state index is 11.2. The van der Waals surface area contributed by atoms with Crippen LogP contribution in [0.1, 0.15) is 39.5 Å². The molecule has 0 aliphatic heterocycles. The SMILES string of the molecule is Cc1ccsc1CN(CCCOc1cccc(CC(N)=O)c1)CC(c1ccccc1)c1ccccc1. The molecule has 36 heavy (non-hydrogen) atoms. The first kappa shape index (κ1) is 25.7. The van der Waals surface area contributed by atoms with E-state index in [1.165, 1.54) is 21.6 Å². The second kappa shape index (κ2) is 13.1. The first-order valence-corrected chi connectivity index (χ1v) is 13.3. The van der Waals surface area contributed by atoms with E-state index in [0.29, 0.717) is 12.5 Å². The Bertz CT molecular complexity index is 1180. The lowest BCUT2D eigenvalue weighted by atomic mass is 9.90. The third kappa shape index (κ3) is 7.54. The van der Waals surface area contributed by atoms with Crippen LogP contribution in [0.3, 0.4) is 0 Å². The van der Waals surface area contributed by atoms with E-state index in [9.17, 15) is 4.79 Å². The molecule has 0 saturated heterocycles. The number of carbonyl (C=O) groups is 1. The summed E-state index contributed by atoms with van der Waals surface area (Å²) < 4.78 is 6.04. The zero-order valence-electron chi connectivity index (χ0n) is 20.8. The predicted molar refractivity (Wildman–Crippen MR) is 149 cm³/mol. The van der Waals surface area contributed by atoms with Gasteiger partial charge in [-0.3, -0.25) is 9.69 Å². The lowest BCUT2D eigenvalue weighted by molar-refractivity contribution is -0.117. The van der Waals surface area contributed by atoms with E-state index in [4.69, 9.17) is 10.5 Å². The van der Waals surface area contributed by atoms with Crippen molar-refractivity contribution in [2.45, 2.75) is 32.2 Å². The number of benzene rings is 3. The van der Waals surface area contributed by atoms with Gasteiger partial charge in [-0.2, -0.15) is 0 Å². The van der Waals surface area contributed by atoms with Gasteiger partial charge < -0.3 is 10.5 Å². The highest BCUT2D eigenvalue weighted by Crippen LogP contribution is 2.27. The molecular formula is C31H34N2O2S. The Labute approximate surface area is 218 Å². The molecule has 0 saturated carbocycles. The van der Waals surface area contributed by atoms with Crippen LogP contribution in [0.25, 0.3) is 0 Å². The predicted octanol–water partition coefficient (Wildman–Crippen LogP) is 6.19. The topological polar surface area (TPSA) is 55.6 Å². The highest BCUT2D eigenvalue weighted by Gasteiger charge is 2.19. The molecule has 0 bridgehead atoms. The van der Waals surface area contributed by atoms with Crippen molar-refractivity contribution in [2.75, 3.05) is 19.7 Å². The molecule has 1 amide bonds. The fourth-order valence-electron chi connectivity index (χ4n) is 4.46. The van der Waals surface area contributed by atoms with Crippen molar-refractivity contribution in [1.29, 1.82) is 0 Å². The molecule has 1 aromatic heterocycles. The lowest BCUT2D eigenvalue weighted by Gasteiger charge is -2.28. The van der Waals surface area contributed by atoms with E-state index in [1.54, 1.807) is 0 Å². The number of carbonyl (C=O) groups excluding carboxylic acids is 1.